The molecule has 0 aliphatic carbocycles. The van der Waals surface area contributed by atoms with E-state index in [1.54, 1.807) is 0 Å². The number of amides is 1. The van der Waals surface area contributed by atoms with Crippen molar-refractivity contribution in [1.29, 1.82) is 0 Å². The number of hydrogen-bond acceptors (Lipinski definition) is 4. The molecule has 0 aliphatic rings. The van der Waals surface area contributed by atoms with Gasteiger partial charge in [0.05, 0.1) is 16.6 Å². The summed E-state index contributed by atoms with van der Waals surface area (Å²) in [5.41, 5.74) is -0.378. The van der Waals surface area contributed by atoms with E-state index in [-0.39, 0.29) is 34.7 Å². The van der Waals surface area contributed by atoms with Gasteiger partial charge in [-0.15, -0.1) is 0 Å². The van der Waals surface area contributed by atoms with Gasteiger partial charge < -0.3 is 10.1 Å². The van der Waals surface area contributed by atoms with Crippen molar-refractivity contribution in [2.24, 2.45) is 0 Å². The average Bonchev–Trinajstić information content (AvgIpc) is 2.90. The molecule has 0 saturated heterocycles. The van der Waals surface area contributed by atoms with Crippen LogP contribution in [0.2, 0.25) is 0 Å². The highest BCUT2D eigenvalue weighted by Gasteiger charge is 2.35. The third kappa shape index (κ3) is 4.61. The van der Waals surface area contributed by atoms with Gasteiger partial charge in [0.2, 0.25) is 5.91 Å². The van der Waals surface area contributed by atoms with Crippen molar-refractivity contribution in [3.05, 3.63) is 47.3 Å². The second-order valence-electron chi connectivity index (χ2n) is 6.20. The first kappa shape index (κ1) is 20.5. The molecular formula is C18H15F5N4O2. The fraction of sp³-hybridized carbons (Fsp3) is 0.278. The Morgan fingerprint density at radius 3 is 2.45 bits per heavy atom. The molecule has 1 amide bonds. The maximum Gasteiger partial charge on any atom is 0.417 e. The molecular weight excluding hydrogens is 399 g/mol. The van der Waals surface area contributed by atoms with Crippen molar-refractivity contribution < 1.29 is 31.5 Å². The molecule has 154 valence electrons. The van der Waals surface area contributed by atoms with Gasteiger partial charge in [0, 0.05) is 11.4 Å². The van der Waals surface area contributed by atoms with Crippen LogP contribution in [0.3, 0.4) is 0 Å². The third-order valence-electron chi connectivity index (χ3n) is 3.97. The minimum absolute atomic E-state index is 0.0503. The molecule has 0 aliphatic heterocycles. The molecule has 11 heteroatoms. The highest BCUT2D eigenvalue weighted by molar-refractivity contribution is 5.92. The summed E-state index contributed by atoms with van der Waals surface area (Å²) in [6.07, 6.45) is -4.59. The standard InChI is InChI=1S/C18H15F5N4O2/c1-9-7-13(18(21,22)23)15-10(2)26-27(16(15)24-9)8-14(28)25-11-3-5-12(6-4-11)29-17(19)20/h3-7,17H,8H2,1-2H3,(H,25,28). The van der Waals surface area contributed by atoms with Gasteiger partial charge in [0.15, 0.2) is 5.65 Å². The minimum atomic E-state index is -4.59. The number of ether oxygens (including phenoxy) is 1. The summed E-state index contributed by atoms with van der Waals surface area (Å²) in [4.78, 5) is 16.4. The number of alkyl halides is 5. The van der Waals surface area contributed by atoms with Gasteiger partial charge in [-0.25, -0.2) is 9.67 Å². The molecule has 29 heavy (non-hydrogen) atoms. The van der Waals surface area contributed by atoms with Gasteiger partial charge in [-0.1, -0.05) is 0 Å². The molecule has 1 aromatic carbocycles. The molecule has 0 unspecified atom stereocenters. The quantitative estimate of drug-likeness (QED) is 0.632. The van der Waals surface area contributed by atoms with E-state index in [9.17, 15) is 26.7 Å². The molecule has 1 N–H and O–H groups in total. The maximum absolute atomic E-state index is 13.3. The number of aryl methyl sites for hydroxylation is 2. The number of fused-ring (bicyclic) bond motifs is 1. The zero-order valence-electron chi connectivity index (χ0n) is 15.2. The van der Waals surface area contributed by atoms with E-state index in [1.807, 2.05) is 0 Å². The predicted octanol–water partition coefficient (Wildman–Crippen LogP) is 4.31. The number of aromatic nitrogens is 3. The van der Waals surface area contributed by atoms with Gasteiger partial charge in [0.1, 0.15) is 12.3 Å². The maximum atomic E-state index is 13.3. The van der Waals surface area contributed by atoms with E-state index in [0.717, 1.165) is 10.7 Å². The Balaban J connectivity index is 1.83. The van der Waals surface area contributed by atoms with Crippen LogP contribution in [0.25, 0.3) is 11.0 Å². The van der Waals surface area contributed by atoms with Crippen LogP contribution >= 0.6 is 0 Å². The Bertz CT molecular complexity index is 1050. The molecule has 3 aromatic rings. The summed E-state index contributed by atoms with van der Waals surface area (Å²) >= 11 is 0. The molecule has 2 heterocycles. The Labute approximate surface area is 161 Å². The van der Waals surface area contributed by atoms with Crippen LogP contribution in [0.5, 0.6) is 5.75 Å². The van der Waals surface area contributed by atoms with Crippen molar-refractivity contribution >= 4 is 22.6 Å². The molecule has 0 saturated carbocycles. The Hall–Kier alpha value is -3.24. The zero-order chi connectivity index (χ0) is 21.3. The lowest BCUT2D eigenvalue weighted by Crippen LogP contribution is -2.20. The van der Waals surface area contributed by atoms with Crippen LogP contribution in [-0.4, -0.2) is 27.3 Å². The lowest BCUT2D eigenvalue weighted by atomic mass is 10.1. The number of carbonyl (C=O) groups is 1. The fourth-order valence-electron chi connectivity index (χ4n) is 2.87. The second-order valence-corrected chi connectivity index (χ2v) is 6.20. The summed E-state index contributed by atoms with van der Waals surface area (Å²) in [6, 6.07) is 6.13. The first-order chi connectivity index (χ1) is 13.5. The fourth-order valence-corrected chi connectivity index (χ4v) is 2.87. The van der Waals surface area contributed by atoms with Crippen molar-refractivity contribution in [3.8, 4) is 5.75 Å². The topological polar surface area (TPSA) is 69.0 Å². The van der Waals surface area contributed by atoms with Crippen LogP contribution in [0.4, 0.5) is 27.6 Å². The lowest BCUT2D eigenvalue weighted by Gasteiger charge is -2.10. The van der Waals surface area contributed by atoms with Gasteiger partial charge in [-0.05, 0) is 44.2 Å². The number of halogens is 5. The average molecular weight is 414 g/mol. The van der Waals surface area contributed by atoms with E-state index in [1.165, 1.54) is 38.1 Å². The summed E-state index contributed by atoms with van der Waals surface area (Å²) in [5.74, 6) is -0.653. The van der Waals surface area contributed by atoms with Crippen molar-refractivity contribution in [2.75, 3.05) is 5.32 Å². The van der Waals surface area contributed by atoms with Gasteiger partial charge >= 0.3 is 12.8 Å². The summed E-state index contributed by atoms with van der Waals surface area (Å²) in [7, 11) is 0. The molecule has 0 spiro atoms. The first-order valence-corrected chi connectivity index (χ1v) is 8.31. The van der Waals surface area contributed by atoms with Crippen LogP contribution in [0.1, 0.15) is 17.0 Å². The van der Waals surface area contributed by atoms with E-state index in [0.29, 0.717) is 5.69 Å². The molecule has 0 radical (unpaired) electrons. The normalized spacial score (nSPS) is 11.9. The predicted molar refractivity (Wildman–Crippen MR) is 93.7 cm³/mol. The summed E-state index contributed by atoms with van der Waals surface area (Å²) in [5, 5.41) is 6.37. The highest BCUT2D eigenvalue weighted by Crippen LogP contribution is 2.36. The van der Waals surface area contributed by atoms with Crippen molar-refractivity contribution in [2.45, 2.75) is 33.2 Å². The van der Waals surface area contributed by atoms with E-state index in [4.69, 9.17) is 0 Å². The number of hydrogen-bond donors (Lipinski definition) is 1. The number of carbonyl (C=O) groups excluding carboxylic acids is 1. The minimum Gasteiger partial charge on any atom is -0.435 e. The number of anilines is 1. The van der Waals surface area contributed by atoms with Crippen LogP contribution in [-0.2, 0) is 17.5 Å². The van der Waals surface area contributed by atoms with E-state index in [2.05, 4.69) is 20.1 Å². The van der Waals surface area contributed by atoms with Gasteiger partial charge in [-0.3, -0.25) is 4.79 Å². The number of benzene rings is 1. The highest BCUT2D eigenvalue weighted by atomic mass is 19.4. The zero-order valence-corrected chi connectivity index (χ0v) is 15.2. The molecule has 0 fully saturated rings. The number of nitrogens with zero attached hydrogens (tertiary/aromatic N) is 3. The van der Waals surface area contributed by atoms with Crippen LogP contribution < -0.4 is 10.1 Å². The molecule has 0 bridgehead atoms. The number of pyridine rings is 1. The van der Waals surface area contributed by atoms with Crippen LogP contribution in [0, 0.1) is 13.8 Å². The summed E-state index contributed by atoms with van der Waals surface area (Å²) in [6.45, 7) is -0.521. The molecule has 2 aromatic heterocycles. The van der Waals surface area contributed by atoms with E-state index >= 15 is 0 Å². The Kier molecular flexibility index (Phi) is 5.40. The van der Waals surface area contributed by atoms with Gasteiger partial charge in [0.25, 0.3) is 0 Å². The molecule has 3 rings (SSSR count). The Morgan fingerprint density at radius 2 is 1.86 bits per heavy atom. The molecule has 6 nitrogen and oxygen atoms in total. The monoisotopic (exact) mass is 414 g/mol. The lowest BCUT2D eigenvalue weighted by molar-refractivity contribution is -0.136. The third-order valence-corrected chi connectivity index (χ3v) is 3.97. The second kappa shape index (κ2) is 7.64. The smallest absolute Gasteiger partial charge is 0.417 e. The van der Waals surface area contributed by atoms with Crippen molar-refractivity contribution in [3.63, 3.8) is 0 Å². The van der Waals surface area contributed by atoms with Crippen molar-refractivity contribution in [1.82, 2.24) is 14.8 Å². The number of nitrogens with one attached hydrogen (secondary N) is 1. The summed E-state index contributed by atoms with van der Waals surface area (Å²) < 4.78 is 69.7. The SMILES string of the molecule is Cc1cc(C(F)(F)F)c2c(C)nn(CC(=O)Nc3ccc(OC(F)F)cc3)c2n1. The van der Waals surface area contributed by atoms with Crippen LogP contribution in [0.15, 0.2) is 30.3 Å². The number of rotatable bonds is 5. The van der Waals surface area contributed by atoms with Gasteiger partial charge in [-0.2, -0.15) is 27.1 Å². The Morgan fingerprint density at radius 1 is 1.21 bits per heavy atom. The van der Waals surface area contributed by atoms with E-state index < -0.39 is 24.3 Å². The molecule has 0 atom stereocenters. The largest absolute Gasteiger partial charge is 0.435 e. The first-order valence-electron chi connectivity index (χ1n) is 8.31.